The third-order valence-electron chi connectivity index (χ3n) is 6.66. The minimum atomic E-state index is -1.21. The molecule has 1 amide bonds. The number of phenols is 3. The molecule has 0 spiro atoms. The highest BCUT2D eigenvalue weighted by atomic mass is 16.4. The van der Waals surface area contributed by atoms with E-state index in [1.54, 1.807) is 37.3 Å². The molecule has 1 fully saturated rings. The lowest BCUT2D eigenvalue weighted by Gasteiger charge is -2.26. The first-order chi connectivity index (χ1) is 17.1. The molecule has 0 aliphatic carbocycles. The number of carboxylic acids is 1. The minimum Gasteiger partial charge on any atom is -0.508 e. The molecule has 8 heteroatoms. The molecule has 0 aromatic heterocycles. The molecular weight excluding hydrogens is 460 g/mol. The lowest BCUT2D eigenvalue weighted by Crippen LogP contribution is -2.43. The number of aromatic hydroxyl groups is 3. The molecule has 0 bridgehead atoms. The van der Waals surface area contributed by atoms with Crippen LogP contribution in [0, 0.1) is 6.92 Å². The Morgan fingerprint density at radius 2 is 1.81 bits per heavy atom. The second kappa shape index (κ2) is 10.3. The van der Waals surface area contributed by atoms with Gasteiger partial charge in [-0.25, -0.2) is 4.79 Å². The van der Waals surface area contributed by atoms with Crippen LogP contribution >= 0.6 is 0 Å². The number of likely N-dealkylation sites (tertiary alicyclic amines) is 1. The molecule has 3 aromatic carbocycles. The van der Waals surface area contributed by atoms with Crippen molar-refractivity contribution in [2.45, 2.75) is 45.3 Å². The average Bonchev–Trinajstić information content (AvgIpc) is 3.26. The molecule has 8 nitrogen and oxygen atoms in total. The number of amides is 1. The molecule has 0 saturated carbocycles. The van der Waals surface area contributed by atoms with Crippen molar-refractivity contribution < 1.29 is 30.0 Å². The standard InChI is InChI=1S/C28H30N2O6/c1-16-10-21(31)6-8-23(16)20-11-18(12-22(32)13-20)15-30-9-3-4-25(30)27(34)29-17(2)19-5-7-24(28(35)36)26(33)14-19/h5-8,10-14,17,25,31-33H,3-4,9,15H2,1-2H3,(H,29,34)(H,35,36)/t17-,25+/m0/s1. The van der Waals surface area contributed by atoms with Crippen LogP contribution in [0.4, 0.5) is 0 Å². The van der Waals surface area contributed by atoms with E-state index in [9.17, 15) is 24.9 Å². The summed E-state index contributed by atoms with van der Waals surface area (Å²) in [5.74, 6) is -1.38. The zero-order valence-electron chi connectivity index (χ0n) is 20.2. The number of hydrogen-bond acceptors (Lipinski definition) is 6. The van der Waals surface area contributed by atoms with Crippen LogP contribution in [0.15, 0.2) is 54.6 Å². The number of carbonyl (C=O) groups is 2. The van der Waals surface area contributed by atoms with E-state index in [1.807, 2.05) is 19.1 Å². The number of aryl methyl sites for hydroxylation is 1. The smallest absolute Gasteiger partial charge is 0.339 e. The van der Waals surface area contributed by atoms with Gasteiger partial charge in [-0.1, -0.05) is 12.1 Å². The Hall–Kier alpha value is -4.04. The van der Waals surface area contributed by atoms with Gasteiger partial charge in [0.25, 0.3) is 0 Å². The average molecular weight is 491 g/mol. The summed E-state index contributed by atoms with van der Waals surface area (Å²) in [6.07, 6.45) is 1.56. The lowest BCUT2D eigenvalue weighted by molar-refractivity contribution is -0.126. The third kappa shape index (κ3) is 5.44. The second-order valence-corrected chi connectivity index (χ2v) is 9.33. The summed E-state index contributed by atoms with van der Waals surface area (Å²) in [6, 6.07) is 14.0. The van der Waals surface area contributed by atoms with Crippen molar-refractivity contribution in [3.63, 3.8) is 0 Å². The Labute approximate surface area is 209 Å². The molecule has 1 aliphatic heterocycles. The normalized spacial score (nSPS) is 16.6. The van der Waals surface area contributed by atoms with Gasteiger partial charge in [0.15, 0.2) is 0 Å². The number of rotatable bonds is 7. The number of aromatic carboxylic acids is 1. The van der Waals surface area contributed by atoms with Gasteiger partial charge in [-0.15, -0.1) is 0 Å². The van der Waals surface area contributed by atoms with E-state index in [0.717, 1.165) is 35.2 Å². The van der Waals surface area contributed by atoms with Crippen molar-refractivity contribution >= 4 is 11.9 Å². The van der Waals surface area contributed by atoms with E-state index in [2.05, 4.69) is 10.2 Å². The first-order valence-corrected chi connectivity index (χ1v) is 11.9. The van der Waals surface area contributed by atoms with Gasteiger partial charge in [0, 0.05) is 6.54 Å². The molecule has 188 valence electrons. The Balaban J connectivity index is 1.48. The summed E-state index contributed by atoms with van der Waals surface area (Å²) in [6.45, 7) is 4.91. The van der Waals surface area contributed by atoms with E-state index >= 15 is 0 Å². The highest BCUT2D eigenvalue weighted by Crippen LogP contribution is 2.31. The van der Waals surface area contributed by atoms with Crippen molar-refractivity contribution in [3.8, 4) is 28.4 Å². The molecule has 1 saturated heterocycles. The summed E-state index contributed by atoms with van der Waals surface area (Å²) < 4.78 is 0. The van der Waals surface area contributed by atoms with Gasteiger partial charge in [0.2, 0.25) is 5.91 Å². The van der Waals surface area contributed by atoms with Crippen LogP contribution in [0.3, 0.4) is 0 Å². The van der Waals surface area contributed by atoms with Crippen LogP contribution in [0.2, 0.25) is 0 Å². The molecule has 36 heavy (non-hydrogen) atoms. The second-order valence-electron chi connectivity index (χ2n) is 9.33. The van der Waals surface area contributed by atoms with Gasteiger partial charge in [-0.3, -0.25) is 9.69 Å². The molecular formula is C28H30N2O6. The Kier molecular flexibility index (Phi) is 7.17. The SMILES string of the molecule is Cc1cc(O)ccc1-c1cc(O)cc(CN2CCC[C@@H]2C(=O)N[C@@H](C)c2ccc(C(=O)O)c(O)c2)c1. The highest BCUT2D eigenvalue weighted by Gasteiger charge is 2.31. The molecule has 3 aromatic rings. The van der Waals surface area contributed by atoms with Crippen molar-refractivity contribution in [3.05, 3.63) is 76.9 Å². The number of carbonyl (C=O) groups excluding carboxylic acids is 1. The Morgan fingerprint density at radius 3 is 2.50 bits per heavy atom. The topological polar surface area (TPSA) is 130 Å². The van der Waals surface area contributed by atoms with Crippen LogP contribution in [-0.2, 0) is 11.3 Å². The maximum atomic E-state index is 13.1. The molecule has 2 atom stereocenters. The van der Waals surface area contributed by atoms with Gasteiger partial charge < -0.3 is 25.7 Å². The van der Waals surface area contributed by atoms with Crippen LogP contribution in [0.1, 0.15) is 52.9 Å². The Morgan fingerprint density at radius 1 is 1.03 bits per heavy atom. The predicted octanol–water partition coefficient (Wildman–Crippen LogP) is 4.32. The molecule has 1 heterocycles. The summed E-state index contributed by atoms with van der Waals surface area (Å²) in [5, 5.41) is 42.1. The van der Waals surface area contributed by atoms with Crippen LogP contribution in [0.5, 0.6) is 17.2 Å². The summed E-state index contributed by atoms with van der Waals surface area (Å²) >= 11 is 0. The van der Waals surface area contributed by atoms with Gasteiger partial charge in [-0.05, 0) is 104 Å². The minimum absolute atomic E-state index is 0.133. The van der Waals surface area contributed by atoms with E-state index in [4.69, 9.17) is 5.11 Å². The van der Waals surface area contributed by atoms with E-state index < -0.39 is 12.0 Å². The maximum absolute atomic E-state index is 13.1. The quantitative estimate of drug-likeness (QED) is 0.333. The number of benzene rings is 3. The van der Waals surface area contributed by atoms with E-state index in [-0.39, 0.29) is 34.8 Å². The molecule has 4 rings (SSSR count). The summed E-state index contributed by atoms with van der Waals surface area (Å²) in [7, 11) is 0. The zero-order chi connectivity index (χ0) is 26.0. The van der Waals surface area contributed by atoms with Crippen molar-refractivity contribution in [1.29, 1.82) is 0 Å². The molecule has 0 unspecified atom stereocenters. The van der Waals surface area contributed by atoms with Gasteiger partial charge in [0.05, 0.1) is 12.1 Å². The largest absolute Gasteiger partial charge is 0.508 e. The Bertz CT molecular complexity index is 1310. The fourth-order valence-electron chi connectivity index (χ4n) is 4.83. The number of nitrogens with zero attached hydrogens (tertiary/aromatic N) is 1. The van der Waals surface area contributed by atoms with E-state index in [1.165, 1.54) is 12.1 Å². The number of phenolic OH excluding ortho intramolecular Hbond substituents is 2. The summed E-state index contributed by atoms with van der Waals surface area (Å²) in [4.78, 5) is 26.4. The summed E-state index contributed by atoms with van der Waals surface area (Å²) in [5.41, 5.74) is 3.93. The fourth-order valence-corrected chi connectivity index (χ4v) is 4.83. The third-order valence-corrected chi connectivity index (χ3v) is 6.66. The van der Waals surface area contributed by atoms with Crippen LogP contribution in [-0.4, -0.2) is 49.8 Å². The predicted molar refractivity (Wildman–Crippen MR) is 135 cm³/mol. The maximum Gasteiger partial charge on any atom is 0.339 e. The van der Waals surface area contributed by atoms with Gasteiger partial charge in [-0.2, -0.15) is 0 Å². The molecule has 0 radical (unpaired) electrons. The first kappa shape index (κ1) is 25.1. The monoisotopic (exact) mass is 490 g/mol. The van der Waals surface area contributed by atoms with E-state index in [0.29, 0.717) is 18.5 Å². The van der Waals surface area contributed by atoms with Gasteiger partial charge in [0.1, 0.15) is 22.8 Å². The van der Waals surface area contributed by atoms with Crippen molar-refractivity contribution in [2.75, 3.05) is 6.54 Å². The highest BCUT2D eigenvalue weighted by molar-refractivity contribution is 5.90. The first-order valence-electron chi connectivity index (χ1n) is 11.9. The van der Waals surface area contributed by atoms with Crippen LogP contribution < -0.4 is 5.32 Å². The number of hydrogen-bond donors (Lipinski definition) is 5. The molecule has 1 aliphatic rings. The lowest BCUT2D eigenvalue weighted by atomic mass is 9.98. The molecule has 5 N–H and O–H groups in total. The number of carboxylic acid groups (broad SMARTS) is 1. The fraction of sp³-hybridized carbons (Fsp3) is 0.286. The number of nitrogens with one attached hydrogen (secondary N) is 1. The zero-order valence-corrected chi connectivity index (χ0v) is 20.2. The van der Waals surface area contributed by atoms with Crippen molar-refractivity contribution in [1.82, 2.24) is 10.2 Å². The van der Waals surface area contributed by atoms with Gasteiger partial charge >= 0.3 is 5.97 Å². The van der Waals surface area contributed by atoms with Crippen LogP contribution in [0.25, 0.3) is 11.1 Å². The van der Waals surface area contributed by atoms with Crippen molar-refractivity contribution in [2.24, 2.45) is 0 Å².